The maximum absolute atomic E-state index is 12.6. The predicted octanol–water partition coefficient (Wildman–Crippen LogP) is 2.93. The quantitative estimate of drug-likeness (QED) is 0.908. The molecule has 134 valence electrons. The van der Waals surface area contributed by atoms with Crippen LogP contribution in [0.3, 0.4) is 0 Å². The molecule has 1 amide bonds. The molecule has 1 saturated heterocycles. The van der Waals surface area contributed by atoms with Crippen LogP contribution in [0.4, 0.5) is 5.69 Å². The summed E-state index contributed by atoms with van der Waals surface area (Å²) in [6.07, 6.45) is 0.544. The first kappa shape index (κ1) is 17.7. The molecule has 0 radical (unpaired) electrons. The van der Waals surface area contributed by atoms with Crippen LogP contribution in [0.1, 0.15) is 54.0 Å². The summed E-state index contributed by atoms with van der Waals surface area (Å²) in [5.41, 5.74) is 2.94. The van der Waals surface area contributed by atoms with Gasteiger partial charge >= 0.3 is 0 Å². The Bertz CT molecular complexity index is 900. The maximum Gasteiger partial charge on any atom is 0.276 e. The number of carbonyl (C=O) groups excluding carboxylic acids is 1. The number of nitrogens with one attached hydrogen (secondary N) is 1. The van der Waals surface area contributed by atoms with E-state index in [1.807, 2.05) is 31.2 Å². The van der Waals surface area contributed by atoms with Crippen molar-refractivity contribution in [3.05, 3.63) is 47.3 Å². The first-order valence-electron chi connectivity index (χ1n) is 8.43. The molecule has 0 bridgehead atoms. The minimum atomic E-state index is -3.00. The van der Waals surface area contributed by atoms with Gasteiger partial charge in [-0.05, 0) is 37.0 Å². The van der Waals surface area contributed by atoms with E-state index < -0.39 is 9.84 Å². The Balaban J connectivity index is 1.82. The van der Waals surface area contributed by atoms with Gasteiger partial charge in [0.25, 0.3) is 5.91 Å². The highest BCUT2D eigenvalue weighted by Crippen LogP contribution is 2.26. The molecule has 1 aromatic heterocycles. The molecule has 0 spiro atoms. The summed E-state index contributed by atoms with van der Waals surface area (Å²) in [6.45, 7) is 5.99. The SMILES string of the molecule is Cc1cc(C(=O)Nc2ccccc2C(C)C)nn1C1CCS(=O)(=O)C1. The van der Waals surface area contributed by atoms with Gasteiger partial charge in [-0.3, -0.25) is 9.48 Å². The molecule has 7 heteroatoms. The normalized spacial score (nSPS) is 19.3. The molecule has 1 atom stereocenters. The van der Waals surface area contributed by atoms with E-state index in [2.05, 4.69) is 24.3 Å². The lowest BCUT2D eigenvalue weighted by molar-refractivity contribution is 0.102. The smallest absolute Gasteiger partial charge is 0.276 e. The van der Waals surface area contributed by atoms with Gasteiger partial charge in [0.2, 0.25) is 0 Å². The summed E-state index contributed by atoms with van der Waals surface area (Å²) in [6, 6.07) is 9.22. The molecule has 1 aliphatic heterocycles. The fraction of sp³-hybridized carbons (Fsp3) is 0.444. The Morgan fingerprint density at radius 1 is 1.32 bits per heavy atom. The number of rotatable bonds is 4. The second-order valence-corrected chi connectivity index (χ2v) is 9.10. The number of aryl methyl sites for hydroxylation is 1. The van der Waals surface area contributed by atoms with E-state index in [0.717, 1.165) is 16.9 Å². The highest BCUT2D eigenvalue weighted by atomic mass is 32.2. The van der Waals surface area contributed by atoms with Crippen LogP contribution in [-0.4, -0.2) is 35.6 Å². The molecule has 6 nitrogen and oxygen atoms in total. The summed E-state index contributed by atoms with van der Waals surface area (Å²) >= 11 is 0. The Kier molecular flexibility index (Phi) is 4.69. The van der Waals surface area contributed by atoms with Crippen molar-refractivity contribution >= 4 is 21.4 Å². The zero-order valence-electron chi connectivity index (χ0n) is 14.7. The molecule has 1 aliphatic rings. The molecule has 0 saturated carbocycles. The van der Waals surface area contributed by atoms with Gasteiger partial charge < -0.3 is 5.32 Å². The van der Waals surface area contributed by atoms with E-state index >= 15 is 0 Å². The van der Waals surface area contributed by atoms with Gasteiger partial charge in [0, 0.05) is 11.4 Å². The minimum Gasteiger partial charge on any atom is -0.320 e. The van der Waals surface area contributed by atoms with Crippen LogP contribution in [0.15, 0.2) is 30.3 Å². The summed E-state index contributed by atoms with van der Waals surface area (Å²) < 4.78 is 25.1. The molecule has 1 unspecified atom stereocenters. The van der Waals surface area contributed by atoms with Crippen LogP contribution < -0.4 is 5.32 Å². The van der Waals surface area contributed by atoms with Crippen LogP contribution >= 0.6 is 0 Å². The molecule has 2 aromatic rings. The highest BCUT2D eigenvalue weighted by molar-refractivity contribution is 7.91. The lowest BCUT2D eigenvalue weighted by Crippen LogP contribution is -2.17. The van der Waals surface area contributed by atoms with Gasteiger partial charge in [-0.1, -0.05) is 32.0 Å². The fourth-order valence-corrected chi connectivity index (χ4v) is 4.93. The van der Waals surface area contributed by atoms with Gasteiger partial charge in [-0.15, -0.1) is 0 Å². The second-order valence-electron chi connectivity index (χ2n) is 6.87. The molecule has 0 aliphatic carbocycles. The van der Waals surface area contributed by atoms with E-state index in [1.165, 1.54) is 0 Å². The van der Waals surface area contributed by atoms with Crippen molar-refractivity contribution in [1.29, 1.82) is 0 Å². The number of aromatic nitrogens is 2. The van der Waals surface area contributed by atoms with Crippen LogP contribution in [0, 0.1) is 6.92 Å². The summed E-state index contributed by atoms with van der Waals surface area (Å²) in [4.78, 5) is 12.6. The third kappa shape index (κ3) is 3.76. The van der Waals surface area contributed by atoms with Crippen molar-refractivity contribution in [2.24, 2.45) is 0 Å². The lowest BCUT2D eigenvalue weighted by Gasteiger charge is -2.13. The molecule has 1 N–H and O–H groups in total. The van der Waals surface area contributed by atoms with E-state index in [9.17, 15) is 13.2 Å². The Hall–Kier alpha value is -2.15. The molecule has 25 heavy (non-hydrogen) atoms. The topological polar surface area (TPSA) is 81.1 Å². The largest absolute Gasteiger partial charge is 0.320 e. The number of para-hydroxylation sites is 1. The number of benzene rings is 1. The number of hydrogen-bond acceptors (Lipinski definition) is 4. The Labute approximate surface area is 148 Å². The summed E-state index contributed by atoms with van der Waals surface area (Å²) in [5.74, 6) is 0.280. The van der Waals surface area contributed by atoms with Gasteiger partial charge in [-0.25, -0.2) is 8.42 Å². The average molecular weight is 361 g/mol. The zero-order valence-corrected chi connectivity index (χ0v) is 15.5. The van der Waals surface area contributed by atoms with Crippen molar-refractivity contribution in [1.82, 2.24) is 9.78 Å². The molecule has 3 rings (SSSR count). The summed E-state index contributed by atoms with van der Waals surface area (Å²) in [5, 5.41) is 7.29. The van der Waals surface area contributed by atoms with E-state index in [0.29, 0.717) is 18.0 Å². The zero-order chi connectivity index (χ0) is 18.2. The van der Waals surface area contributed by atoms with Gasteiger partial charge in [-0.2, -0.15) is 5.10 Å². The van der Waals surface area contributed by atoms with Crippen molar-refractivity contribution in [2.45, 2.75) is 39.2 Å². The third-order valence-electron chi connectivity index (χ3n) is 4.54. The molecular formula is C18H23N3O3S. The number of anilines is 1. The minimum absolute atomic E-state index is 0.0900. The Morgan fingerprint density at radius 2 is 2.04 bits per heavy atom. The van der Waals surface area contributed by atoms with Gasteiger partial charge in [0.1, 0.15) is 0 Å². The summed E-state index contributed by atoms with van der Waals surface area (Å²) in [7, 11) is -3.00. The van der Waals surface area contributed by atoms with Crippen LogP contribution in [-0.2, 0) is 9.84 Å². The molecule has 1 fully saturated rings. The third-order valence-corrected chi connectivity index (χ3v) is 6.29. The monoisotopic (exact) mass is 361 g/mol. The van der Waals surface area contributed by atoms with Crippen LogP contribution in [0.2, 0.25) is 0 Å². The van der Waals surface area contributed by atoms with Gasteiger partial charge in [0.15, 0.2) is 15.5 Å². The number of sulfone groups is 1. The molecule has 1 aromatic carbocycles. The Morgan fingerprint density at radius 3 is 2.68 bits per heavy atom. The lowest BCUT2D eigenvalue weighted by atomic mass is 10.0. The van der Waals surface area contributed by atoms with Crippen LogP contribution in [0.5, 0.6) is 0 Å². The first-order valence-corrected chi connectivity index (χ1v) is 10.3. The highest BCUT2D eigenvalue weighted by Gasteiger charge is 2.31. The van der Waals surface area contributed by atoms with E-state index in [4.69, 9.17) is 0 Å². The first-order chi connectivity index (χ1) is 11.8. The number of amides is 1. The maximum atomic E-state index is 12.6. The molecular weight excluding hydrogens is 338 g/mol. The predicted molar refractivity (Wildman–Crippen MR) is 97.8 cm³/mol. The fourth-order valence-electron chi connectivity index (χ4n) is 3.24. The van der Waals surface area contributed by atoms with Crippen molar-refractivity contribution < 1.29 is 13.2 Å². The van der Waals surface area contributed by atoms with Crippen molar-refractivity contribution in [3.63, 3.8) is 0 Å². The average Bonchev–Trinajstić information content (AvgIpc) is 3.10. The molecule has 2 heterocycles. The van der Waals surface area contributed by atoms with E-state index in [-0.39, 0.29) is 23.5 Å². The van der Waals surface area contributed by atoms with Crippen molar-refractivity contribution in [2.75, 3.05) is 16.8 Å². The van der Waals surface area contributed by atoms with Crippen molar-refractivity contribution in [3.8, 4) is 0 Å². The van der Waals surface area contributed by atoms with Crippen LogP contribution in [0.25, 0.3) is 0 Å². The van der Waals surface area contributed by atoms with Gasteiger partial charge in [0.05, 0.1) is 17.5 Å². The van der Waals surface area contributed by atoms with E-state index in [1.54, 1.807) is 10.7 Å². The number of carbonyl (C=O) groups is 1. The number of hydrogen-bond donors (Lipinski definition) is 1. The standard InChI is InChI=1S/C18H23N3O3S/c1-12(2)15-6-4-5-7-16(15)19-18(22)17-10-13(3)21(20-17)14-8-9-25(23,24)11-14/h4-7,10,12,14H,8-9,11H2,1-3H3,(H,19,22). The second kappa shape index (κ2) is 6.63. The number of nitrogens with zero attached hydrogens (tertiary/aromatic N) is 2.